The number of esters is 1. The number of carbonyl (C=O) groups excluding carboxylic acids is 3. The fourth-order valence-corrected chi connectivity index (χ4v) is 1.84. The Labute approximate surface area is 142 Å². The molecule has 0 aliphatic rings. The Kier molecular flexibility index (Phi) is 6.05. The molecule has 2 aromatic carbocycles. The number of ether oxygens (including phenoxy) is 2. The lowest BCUT2D eigenvalue weighted by Crippen LogP contribution is -2.43. The molecule has 0 spiro atoms. The van der Waals surface area contributed by atoms with E-state index in [1.807, 2.05) is 10.9 Å². The fourth-order valence-electron chi connectivity index (χ4n) is 1.84. The van der Waals surface area contributed by atoms with Crippen molar-refractivity contribution >= 4 is 17.8 Å². The molecule has 0 heterocycles. The third-order valence-corrected chi connectivity index (χ3v) is 3.07. The lowest BCUT2D eigenvalue weighted by molar-refractivity contribution is -0.125. The Hall–Kier alpha value is -3.42. The molecule has 2 amide bonds. The Bertz CT molecular complexity index is 794. The molecular weight excluding hydrogens is 331 g/mol. The number of hydrazine groups is 1. The summed E-state index contributed by atoms with van der Waals surface area (Å²) in [5.41, 5.74) is 4.05. The van der Waals surface area contributed by atoms with Gasteiger partial charge in [0, 0.05) is 0 Å². The van der Waals surface area contributed by atoms with Crippen molar-refractivity contribution in [1.29, 1.82) is 0 Å². The van der Waals surface area contributed by atoms with Crippen LogP contribution in [-0.2, 0) is 9.53 Å². The van der Waals surface area contributed by atoms with Crippen LogP contribution >= 0.6 is 0 Å². The summed E-state index contributed by atoms with van der Waals surface area (Å²) in [6.45, 7) is -0.617. The van der Waals surface area contributed by atoms with E-state index in [0.29, 0.717) is 5.75 Å². The van der Waals surface area contributed by atoms with E-state index in [2.05, 4.69) is 0 Å². The number of hydrogen-bond donors (Lipinski definition) is 2. The SMILES string of the molecule is COc1cccc(C(=O)OCC(=O)NNC(=O)c2ccccc2F)c1. The van der Waals surface area contributed by atoms with Gasteiger partial charge < -0.3 is 9.47 Å². The molecule has 0 aromatic heterocycles. The van der Waals surface area contributed by atoms with Crippen LogP contribution in [0.15, 0.2) is 48.5 Å². The zero-order chi connectivity index (χ0) is 18.2. The number of halogens is 1. The van der Waals surface area contributed by atoms with Gasteiger partial charge in [-0.1, -0.05) is 18.2 Å². The van der Waals surface area contributed by atoms with E-state index in [0.717, 1.165) is 6.07 Å². The average molecular weight is 346 g/mol. The van der Waals surface area contributed by atoms with Crippen LogP contribution in [0.2, 0.25) is 0 Å². The first-order chi connectivity index (χ1) is 12.0. The number of nitrogens with one attached hydrogen (secondary N) is 2. The second kappa shape index (κ2) is 8.44. The molecule has 2 N–H and O–H groups in total. The van der Waals surface area contributed by atoms with E-state index in [4.69, 9.17) is 9.47 Å². The summed E-state index contributed by atoms with van der Waals surface area (Å²) >= 11 is 0. The van der Waals surface area contributed by atoms with Crippen molar-refractivity contribution in [2.45, 2.75) is 0 Å². The standard InChI is InChI=1S/C17H15FN2O5/c1-24-12-6-4-5-11(9-12)17(23)25-10-15(21)19-20-16(22)13-7-2-3-8-14(13)18/h2-9H,10H2,1H3,(H,19,21)(H,20,22). The predicted molar refractivity (Wildman–Crippen MR) is 85.3 cm³/mol. The largest absolute Gasteiger partial charge is 0.497 e. The van der Waals surface area contributed by atoms with Crippen LogP contribution in [0.3, 0.4) is 0 Å². The maximum atomic E-state index is 13.4. The lowest BCUT2D eigenvalue weighted by atomic mass is 10.2. The van der Waals surface area contributed by atoms with Crippen LogP contribution in [-0.4, -0.2) is 31.5 Å². The van der Waals surface area contributed by atoms with Crippen LogP contribution in [0.1, 0.15) is 20.7 Å². The Morgan fingerprint density at radius 1 is 1.04 bits per heavy atom. The molecule has 0 unspecified atom stereocenters. The summed E-state index contributed by atoms with van der Waals surface area (Å²) in [6, 6.07) is 11.5. The molecule has 2 rings (SSSR count). The second-order valence-corrected chi connectivity index (χ2v) is 4.79. The first kappa shape index (κ1) is 17.9. The Morgan fingerprint density at radius 2 is 1.80 bits per heavy atom. The van der Waals surface area contributed by atoms with Crippen molar-refractivity contribution in [2.24, 2.45) is 0 Å². The Morgan fingerprint density at radius 3 is 2.52 bits per heavy atom. The highest BCUT2D eigenvalue weighted by molar-refractivity contribution is 5.96. The molecule has 7 nitrogen and oxygen atoms in total. The first-order valence-corrected chi connectivity index (χ1v) is 7.16. The molecule has 25 heavy (non-hydrogen) atoms. The molecule has 0 atom stereocenters. The van der Waals surface area contributed by atoms with Crippen LogP contribution in [0, 0.1) is 5.82 Å². The maximum Gasteiger partial charge on any atom is 0.338 e. The molecule has 130 valence electrons. The second-order valence-electron chi connectivity index (χ2n) is 4.79. The molecule has 0 aliphatic heterocycles. The smallest absolute Gasteiger partial charge is 0.338 e. The molecule has 8 heteroatoms. The van der Waals surface area contributed by atoms with Crippen LogP contribution in [0.25, 0.3) is 0 Å². The zero-order valence-electron chi connectivity index (χ0n) is 13.2. The monoisotopic (exact) mass is 346 g/mol. The summed E-state index contributed by atoms with van der Waals surface area (Å²) in [5, 5.41) is 0. The van der Waals surface area contributed by atoms with Crippen molar-refractivity contribution < 1.29 is 28.2 Å². The third kappa shape index (κ3) is 5.03. The van der Waals surface area contributed by atoms with E-state index in [9.17, 15) is 18.8 Å². The van der Waals surface area contributed by atoms with E-state index in [1.165, 1.54) is 37.4 Å². The maximum absolute atomic E-state index is 13.4. The highest BCUT2D eigenvalue weighted by Crippen LogP contribution is 2.13. The zero-order valence-corrected chi connectivity index (χ0v) is 13.2. The van der Waals surface area contributed by atoms with Gasteiger partial charge in [0.25, 0.3) is 11.8 Å². The van der Waals surface area contributed by atoms with E-state index in [-0.39, 0.29) is 11.1 Å². The number of methoxy groups -OCH3 is 1. The minimum absolute atomic E-state index is 0.211. The van der Waals surface area contributed by atoms with Gasteiger partial charge >= 0.3 is 5.97 Å². The molecule has 0 radical (unpaired) electrons. The van der Waals surface area contributed by atoms with E-state index >= 15 is 0 Å². The summed E-state index contributed by atoms with van der Waals surface area (Å²) in [7, 11) is 1.45. The molecule has 0 fully saturated rings. The number of hydrogen-bond acceptors (Lipinski definition) is 5. The third-order valence-electron chi connectivity index (χ3n) is 3.07. The Balaban J connectivity index is 1.81. The van der Waals surface area contributed by atoms with Gasteiger partial charge in [-0.05, 0) is 30.3 Å². The van der Waals surface area contributed by atoms with Crippen molar-refractivity contribution in [3.8, 4) is 5.75 Å². The minimum Gasteiger partial charge on any atom is -0.497 e. The van der Waals surface area contributed by atoms with Gasteiger partial charge in [-0.15, -0.1) is 0 Å². The van der Waals surface area contributed by atoms with Crippen LogP contribution in [0.5, 0.6) is 5.75 Å². The number of carbonyl (C=O) groups is 3. The molecular formula is C17H15FN2O5. The molecule has 0 saturated carbocycles. The molecule has 2 aromatic rings. The van der Waals surface area contributed by atoms with Gasteiger partial charge in [0.2, 0.25) is 0 Å². The highest BCUT2D eigenvalue weighted by atomic mass is 19.1. The number of amides is 2. The highest BCUT2D eigenvalue weighted by Gasteiger charge is 2.13. The average Bonchev–Trinajstić information content (AvgIpc) is 2.64. The molecule has 0 aliphatic carbocycles. The normalized spacial score (nSPS) is 9.84. The van der Waals surface area contributed by atoms with Gasteiger partial charge in [0.05, 0.1) is 18.2 Å². The summed E-state index contributed by atoms with van der Waals surface area (Å²) in [4.78, 5) is 35.1. The van der Waals surface area contributed by atoms with Gasteiger partial charge in [-0.25, -0.2) is 9.18 Å². The molecule has 0 bridgehead atoms. The summed E-state index contributed by atoms with van der Waals surface area (Å²) < 4.78 is 23.2. The van der Waals surface area contributed by atoms with Crippen LogP contribution < -0.4 is 15.6 Å². The topological polar surface area (TPSA) is 93.7 Å². The number of rotatable bonds is 5. The van der Waals surface area contributed by atoms with E-state index < -0.39 is 30.2 Å². The van der Waals surface area contributed by atoms with Gasteiger partial charge in [-0.2, -0.15) is 0 Å². The van der Waals surface area contributed by atoms with Crippen LogP contribution in [0.4, 0.5) is 4.39 Å². The quantitative estimate of drug-likeness (QED) is 0.631. The van der Waals surface area contributed by atoms with Crippen molar-refractivity contribution in [3.63, 3.8) is 0 Å². The van der Waals surface area contributed by atoms with Gasteiger partial charge in [-0.3, -0.25) is 20.4 Å². The fraction of sp³-hybridized carbons (Fsp3) is 0.118. The van der Waals surface area contributed by atoms with Gasteiger partial charge in [0.1, 0.15) is 11.6 Å². The predicted octanol–water partition coefficient (Wildman–Crippen LogP) is 1.45. The van der Waals surface area contributed by atoms with E-state index in [1.54, 1.807) is 12.1 Å². The van der Waals surface area contributed by atoms with Crippen molar-refractivity contribution in [2.75, 3.05) is 13.7 Å². The summed E-state index contributed by atoms with van der Waals surface area (Å²) in [5.74, 6) is -2.59. The van der Waals surface area contributed by atoms with Crippen molar-refractivity contribution in [3.05, 3.63) is 65.5 Å². The van der Waals surface area contributed by atoms with Gasteiger partial charge in [0.15, 0.2) is 6.61 Å². The minimum atomic E-state index is -0.828. The summed E-state index contributed by atoms with van der Waals surface area (Å²) in [6.07, 6.45) is 0. The number of benzene rings is 2. The lowest BCUT2D eigenvalue weighted by Gasteiger charge is -2.09. The molecule has 0 saturated heterocycles. The van der Waals surface area contributed by atoms with Crippen molar-refractivity contribution in [1.82, 2.24) is 10.9 Å². The first-order valence-electron chi connectivity index (χ1n) is 7.16.